The van der Waals surface area contributed by atoms with Crippen LogP contribution in [0, 0.1) is 10.1 Å². The molecule has 1 heterocycles. The van der Waals surface area contributed by atoms with Crippen LogP contribution in [0.3, 0.4) is 0 Å². The molecule has 0 atom stereocenters. The minimum absolute atomic E-state index is 0.0121. The molecule has 1 N–H and O–H groups in total. The van der Waals surface area contributed by atoms with Gasteiger partial charge in [-0.3, -0.25) is 14.9 Å². The van der Waals surface area contributed by atoms with E-state index in [1.165, 1.54) is 52.5 Å². The number of nitrogens with zero attached hydrogens (tertiary/aromatic N) is 1. The summed E-state index contributed by atoms with van der Waals surface area (Å²) in [5.74, 6) is -0.154. The summed E-state index contributed by atoms with van der Waals surface area (Å²) in [7, 11) is 0. The number of nitro groups is 1. The van der Waals surface area contributed by atoms with Crippen LogP contribution in [0.4, 0.5) is 11.4 Å². The number of benzene rings is 1. The van der Waals surface area contributed by atoms with Crippen molar-refractivity contribution in [3.63, 3.8) is 0 Å². The molecule has 20 heavy (non-hydrogen) atoms. The zero-order valence-corrected chi connectivity index (χ0v) is 11.4. The van der Waals surface area contributed by atoms with E-state index in [0.29, 0.717) is 10.6 Å². The summed E-state index contributed by atoms with van der Waals surface area (Å²) in [6, 6.07) is 7.79. The molecule has 3 rings (SSSR count). The van der Waals surface area contributed by atoms with Gasteiger partial charge >= 0.3 is 0 Å². The number of nitrogens with one attached hydrogen (secondary N) is 1. The Morgan fingerprint density at radius 1 is 1.25 bits per heavy atom. The predicted octanol–water partition coefficient (Wildman–Crippen LogP) is 3.40. The van der Waals surface area contributed by atoms with Crippen LogP contribution in [0.5, 0.6) is 0 Å². The Hall–Kier alpha value is -2.21. The Labute approximate surface area is 119 Å². The topological polar surface area (TPSA) is 72.2 Å². The van der Waals surface area contributed by atoms with Crippen molar-refractivity contribution >= 4 is 28.6 Å². The van der Waals surface area contributed by atoms with E-state index < -0.39 is 4.92 Å². The Morgan fingerprint density at radius 2 is 2.00 bits per heavy atom. The van der Waals surface area contributed by atoms with Crippen LogP contribution in [-0.4, -0.2) is 10.8 Å². The summed E-state index contributed by atoms with van der Waals surface area (Å²) in [6.45, 7) is 0. The number of rotatable bonds is 3. The number of amides is 1. The van der Waals surface area contributed by atoms with E-state index in [2.05, 4.69) is 5.32 Å². The standard InChI is InChI=1S/C14H12N2O3S/c17-14(13-8-9-2-1-3-12(9)20-13)15-10-4-6-11(7-5-10)16(18)19/h4-8H,1-3H2,(H,15,17). The predicted molar refractivity (Wildman–Crippen MR) is 77.4 cm³/mol. The van der Waals surface area contributed by atoms with Crippen LogP contribution in [0.1, 0.15) is 26.5 Å². The normalized spacial score (nSPS) is 13.0. The highest BCUT2D eigenvalue weighted by molar-refractivity contribution is 7.14. The summed E-state index contributed by atoms with van der Waals surface area (Å²) in [5, 5.41) is 13.3. The van der Waals surface area contributed by atoms with Crippen molar-refractivity contribution in [2.75, 3.05) is 5.32 Å². The Bertz CT molecular complexity index is 655. The van der Waals surface area contributed by atoms with Crippen LogP contribution in [0.2, 0.25) is 0 Å². The highest BCUT2D eigenvalue weighted by Gasteiger charge is 2.18. The lowest BCUT2D eigenvalue weighted by atomic mass is 10.2. The van der Waals surface area contributed by atoms with Crippen molar-refractivity contribution < 1.29 is 9.72 Å². The number of carbonyl (C=O) groups excluding carboxylic acids is 1. The van der Waals surface area contributed by atoms with Crippen LogP contribution in [0.25, 0.3) is 0 Å². The van der Waals surface area contributed by atoms with Crippen LogP contribution in [0.15, 0.2) is 30.3 Å². The number of anilines is 1. The highest BCUT2D eigenvalue weighted by atomic mass is 32.1. The molecule has 0 spiro atoms. The third kappa shape index (κ3) is 2.42. The molecule has 2 aromatic rings. The molecule has 0 saturated heterocycles. The van der Waals surface area contributed by atoms with Crippen molar-refractivity contribution in [2.45, 2.75) is 19.3 Å². The molecule has 0 bridgehead atoms. The Balaban J connectivity index is 1.73. The summed E-state index contributed by atoms with van der Waals surface area (Å²) < 4.78 is 0. The molecule has 1 aromatic carbocycles. The van der Waals surface area contributed by atoms with Gasteiger partial charge in [-0.05, 0) is 43.0 Å². The average molecular weight is 288 g/mol. The quantitative estimate of drug-likeness (QED) is 0.695. The first-order valence-electron chi connectivity index (χ1n) is 6.31. The van der Waals surface area contributed by atoms with Crippen molar-refractivity contribution in [1.82, 2.24) is 0 Å². The molecule has 0 fully saturated rings. The smallest absolute Gasteiger partial charge is 0.269 e. The fraction of sp³-hybridized carbons (Fsp3) is 0.214. The molecule has 1 aliphatic carbocycles. The molecular formula is C14H12N2O3S. The second kappa shape index (κ2) is 5.05. The average Bonchev–Trinajstić information content (AvgIpc) is 2.99. The largest absolute Gasteiger partial charge is 0.321 e. The number of thiophene rings is 1. The number of hydrogen-bond donors (Lipinski definition) is 1. The van der Waals surface area contributed by atoms with Crippen LogP contribution in [-0.2, 0) is 12.8 Å². The van der Waals surface area contributed by atoms with Gasteiger partial charge in [-0.2, -0.15) is 0 Å². The lowest BCUT2D eigenvalue weighted by molar-refractivity contribution is -0.384. The Morgan fingerprint density at radius 3 is 2.65 bits per heavy atom. The molecule has 0 radical (unpaired) electrons. The Kier molecular flexibility index (Phi) is 3.23. The van der Waals surface area contributed by atoms with Gasteiger partial charge in [0.05, 0.1) is 9.80 Å². The van der Waals surface area contributed by atoms with E-state index >= 15 is 0 Å². The summed E-state index contributed by atoms with van der Waals surface area (Å²) >= 11 is 1.54. The zero-order valence-electron chi connectivity index (χ0n) is 10.6. The van der Waals surface area contributed by atoms with Gasteiger partial charge in [-0.25, -0.2) is 0 Å². The molecule has 1 aromatic heterocycles. The molecule has 5 nitrogen and oxygen atoms in total. The second-order valence-electron chi connectivity index (χ2n) is 4.67. The molecule has 102 valence electrons. The lowest BCUT2D eigenvalue weighted by Gasteiger charge is -2.03. The number of fused-ring (bicyclic) bond motifs is 1. The molecule has 1 amide bonds. The first kappa shape index (κ1) is 12.8. The van der Waals surface area contributed by atoms with Gasteiger partial charge in [0, 0.05) is 22.7 Å². The van der Waals surface area contributed by atoms with E-state index in [1.54, 1.807) is 0 Å². The van der Waals surface area contributed by atoms with E-state index in [0.717, 1.165) is 12.8 Å². The van der Waals surface area contributed by atoms with Gasteiger partial charge in [-0.1, -0.05) is 0 Å². The third-order valence-corrected chi connectivity index (χ3v) is 4.54. The fourth-order valence-corrected chi connectivity index (χ4v) is 3.45. The van der Waals surface area contributed by atoms with Gasteiger partial charge in [0.25, 0.3) is 11.6 Å². The summed E-state index contributed by atoms with van der Waals surface area (Å²) in [6.07, 6.45) is 3.28. The number of non-ortho nitro benzene ring substituents is 1. The van der Waals surface area contributed by atoms with Gasteiger partial charge in [0.15, 0.2) is 0 Å². The molecule has 0 saturated carbocycles. The van der Waals surface area contributed by atoms with Gasteiger partial charge < -0.3 is 5.32 Å². The number of hydrogen-bond acceptors (Lipinski definition) is 4. The fourth-order valence-electron chi connectivity index (χ4n) is 2.30. The summed E-state index contributed by atoms with van der Waals surface area (Å²) in [5.41, 5.74) is 1.86. The van der Waals surface area contributed by atoms with Gasteiger partial charge in [-0.15, -0.1) is 11.3 Å². The maximum Gasteiger partial charge on any atom is 0.269 e. The van der Waals surface area contributed by atoms with Crippen LogP contribution >= 0.6 is 11.3 Å². The van der Waals surface area contributed by atoms with Crippen LogP contribution < -0.4 is 5.32 Å². The number of carbonyl (C=O) groups is 1. The SMILES string of the molecule is O=C(Nc1ccc([N+](=O)[O-])cc1)c1cc2c(s1)CCC2. The van der Waals surface area contributed by atoms with Crippen molar-refractivity contribution in [1.29, 1.82) is 0 Å². The zero-order chi connectivity index (χ0) is 14.1. The minimum Gasteiger partial charge on any atom is -0.321 e. The van der Waals surface area contributed by atoms with Crippen molar-refractivity contribution in [2.24, 2.45) is 0 Å². The van der Waals surface area contributed by atoms with Crippen molar-refractivity contribution in [3.05, 3.63) is 55.8 Å². The van der Waals surface area contributed by atoms with Gasteiger partial charge in [0.1, 0.15) is 0 Å². The van der Waals surface area contributed by atoms with E-state index in [4.69, 9.17) is 0 Å². The van der Waals surface area contributed by atoms with E-state index in [1.807, 2.05) is 6.07 Å². The minimum atomic E-state index is -0.463. The maximum atomic E-state index is 12.1. The number of aryl methyl sites for hydroxylation is 2. The third-order valence-electron chi connectivity index (χ3n) is 3.31. The first-order valence-corrected chi connectivity index (χ1v) is 7.12. The highest BCUT2D eigenvalue weighted by Crippen LogP contribution is 2.31. The number of nitro benzene ring substituents is 1. The molecule has 0 aliphatic heterocycles. The molecule has 6 heteroatoms. The van der Waals surface area contributed by atoms with E-state index in [9.17, 15) is 14.9 Å². The molecule has 0 unspecified atom stereocenters. The lowest BCUT2D eigenvalue weighted by Crippen LogP contribution is -2.10. The first-order chi connectivity index (χ1) is 9.63. The van der Waals surface area contributed by atoms with E-state index in [-0.39, 0.29) is 11.6 Å². The summed E-state index contributed by atoms with van der Waals surface area (Å²) in [4.78, 5) is 24.2. The maximum absolute atomic E-state index is 12.1. The van der Waals surface area contributed by atoms with Crippen molar-refractivity contribution in [3.8, 4) is 0 Å². The second-order valence-corrected chi connectivity index (χ2v) is 5.81. The van der Waals surface area contributed by atoms with Gasteiger partial charge in [0.2, 0.25) is 0 Å². The molecular weight excluding hydrogens is 276 g/mol. The molecule has 1 aliphatic rings. The monoisotopic (exact) mass is 288 g/mol.